The maximum Gasteiger partial charge on any atom is 0.311 e. The quantitative estimate of drug-likeness (QED) is 0.586. The predicted molar refractivity (Wildman–Crippen MR) is 103 cm³/mol. The van der Waals surface area contributed by atoms with Crippen LogP contribution >= 0.6 is 0 Å². The lowest BCUT2D eigenvalue weighted by Gasteiger charge is -2.43. The minimum atomic E-state index is -0.352. The molecule has 7 heteroatoms. The summed E-state index contributed by atoms with van der Waals surface area (Å²) in [5, 5.41) is 11.6. The molecule has 1 aliphatic heterocycles. The summed E-state index contributed by atoms with van der Waals surface area (Å²) in [6.07, 6.45) is 2.47. The van der Waals surface area contributed by atoms with Gasteiger partial charge in [-0.05, 0) is 31.7 Å². The summed E-state index contributed by atoms with van der Waals surface area (Å²) >= 11 is 0. The van der Waals surface area contributed by atoms with Crippen molar-refractivity contribution in [2.24, 2.45) is 0 Å². The topological polar surface area (TPSA) is 65.8 Å². The zero-order valence-electron chi connectivity index (χ0n) is 15.3. The number of hydrogen-bond donors (Lipinski definition) is 0. The Labute approximate surface area is 154 Å². The number of rotatable bonds is 6. The average Bonchev–Trinajstić information content (AvgIpc) is 2.67. The van der Waals surface area contributed by atoms with Crippen LogP contribution < -0.4 is 4.90 Å². The van der Waals surface area contributed by atoms with Crippen LogP contribution in [0.5, 0.6) is 0 Å². The molecule has 0 N–H and O–H groups in total. The molecule has 1 aliphatic rings. The van der Waals surface area contributed by atoms with Gasteiger partial charge in [0.25, 0.3) is 0 Å². The largest absolute Gasteiger partial charge is 0.311 e. The van der Waals surface area contributed by atoms with Crippen LogP contribution in [0.4, 0.5) is 17.2 Å². The van der Waals surface area contributed by atoms with E-state index in [2.05, 4.69) is 28.8 Å². The fourth-order valence-corrected chi connectivity index (χ4v) is 3.46. The van der Waals surface area contributed by atoms with Crippen molar-refractivity contribution in [1.29, 1.82) is 0 Å². The van der Waals surface area contributed by atoms with E-state index in [0.717, 1.165) is 38.3 Å². The second kappa shape index (κ2) is 8.25. The van der Waals surface area contributed by atoms with Gasteiger partial charge < -0.3 is 9.80 Å². The van der Waals surface area contributed by atoms with Crippen molar-refractivity contribution in [2.45, 2.75) is 19.5 Å². The van der Waals surface area contributed by atoms with Gasteiger partial charge in [-0.15, -0.1) is 0 Å². The molecule has 1 fully saturated rings. The molecule has 2 heterocycles. The Morgan fingerprint density at radius 1 is 1.15 bits per heavy atom. The molecule has 0 spiro atoms. The maximum atomic E-state index is 11.6. The molecular weight excluding hydrogens is 330 g/mol. The highest BCUT2D eigenvalue weighted by atomic mass is 16.6. The van der Waals surface area contributed by atoms with E-state index in [1.165, 1.54) is 6.07 Å². The molecule has 1 unspecified atom stereocenters. The van der Waals surface area contributed by atoms with E-state index >= 15 is 0 Å². The Morgan fingerprint density at radius 3 is 2.46 bits per heavy atom. The van der Waals surface area contributed by atoms with E-state index in [1.54, 1.807) is 12.3 Å². The third-order valence-corrected chi connectivity index (χ3v) is 4.85. The van der Waals surface area contributed by atoms with Crippen LogP contribution in [-0.4, -0.2) is 59.1 Å². The standard InChI is InChI=1S/C19H25N5O2/c1-3-18(22-14-12-21(2)13-15-22)23(16-8-5-4-6-9-16)19-17(24(25)26)10-7-11-20-19/h4-11,18H,3,12-15H2,1-2H3. The first-order valence-corrected chi connectivity index (χ1v) is 8.98. The minimum absolute atomic E-state index is 0.0136. The summed E-state index contributed by atoms with van der Waals surface area (Å²) in [6.45, 7) is 5.96. The maximum absolute atomic E-state index is 11.6. The number of aromatic nitrogens is 1. The van der Waals surface area contributed by atoms with Gasteiger partial charge in [-0.25, -0.2) is 4.98 Å². The van der Waals surface area contributed by atoms with Crippen molar-refractivity contribution in [3.8, 4) is 0 Å². The number of benzene rings is 1. The second-order valence-corrected chi connectivity index (χ2v) is 6.54. The van der Waals surface area contributed by atoms with Crippen molar-refractivity contribution >= 4 is 17.2 Å². The van der Waals surface area contributed by atoms with Crippen LogP contribution in [0, 0.1) is 10.1 Å². The fourth-order valence-electron chi connectivity index (χ4n) is 3.46. The minimum Gasteiger partial charge on any atom is -0.304 e. The molecule has 26 heavy (non-hydrogen) atoms. The molecule has 0 saturated carbocycles. The molecule has 0 bridgehead atoms. The molecule has 138 valence electrons. The number of likely N-dealkylation sites (N-methyl/N-ethyl adjacent to an activating group) is 1. The first kappa shape index (κ1) is 18.3. The Balaban J connectivity index is 2.05. The first-order valence-electron chi connectivity index (χ1n) is 8.98. The Morgan fingerprint density at radius 2 is 1.85 bits per heavy atom. The van der Waals surface area contributed by atoms with Gasteiger partial charge in [-0.1, -0.05) is 25.1 Å². The van der Waals surface area contributed by atoms with E-state index in [4.69, 9.17) is 0 Å². The van der Waals surface area contributed by atoms with Gasteiger partial charge in [0.2, 0.25) is 5.82 Å². The molecule has 1 aromatic carbocycles. The third kappa shape index (κ3) is 3.84. The molecule has 0 radical (unpaired) electrons. The highest BCUT2D eigenvalue weighted by Gasteiger charge is 2.32. The van der Waals surface area contributed by atoms with Crippen LogP contribution in [0.15, 0.2) is 48.7 Å². The van der Waals surface area contributed by atoms with Gasteiger partial charge in [0.15, 0.2) is 0 Å². The summed E-state index contributed by atoms with van der Waals surface area (Å²) in [5.74, 6) is 0.398. The molecule has 1 atom stereocenters. The summed E-state index contributed by atoms with van der Waals surface area (Å²) < 4.78 is 0. The molecule has 1 aromatic heterocycles. The van der Waals surface area contributed by atoms with Crippen LogP contribution in [0.25, 0.3) is 0 Å². The third-order valence-electron chi connectivity index (χ3n) is 4.85. The number of piperazine rings is 1. The van der Waals surface area contributed by atoms with Gasteiger partial charge in [0.05, 0.1) is 11.1 Å². The number of nitro groups is 1. The zero-order valence-corrected chi connectivity index (χ0v) is 15.3. The predicted octanol–water partition coefficient (Wildman–Crippen LogP) is 3.11. The summed E-state index contributed by atoms with van der Waals surface area (Å²) in [6, 6.07) is 13.0. The van der Waals surface area contributed by atoms with Gasteiger partial charge in [-0.2, -0.15) is 0 Å². The summed E-state index contributed by atoms with van der Waals surface area (Å²) in [7, 11) is 2.12. The Bertz CT molecular complexity index is 732. The molecule has 0 aliphatic carbocycles. The van der Waals surface area contributed by atoms with Crippen molar-refractivity contribution in [1.82, 2.24) is 14.8 Å². The Kier molecular flexibility index (Phi) is 5.80. The average molecular weight is 355 g/mol. The molecule has 2 aromatic rings. The molecular formula is C19H25N5O2. The van der Waals surface area contributed by atoms with Crippen LogP contribution in [-0.2, 0) is 0 Å². The molecule has 0 amide bonds. The van der Waals surface area contributed by atoms with Crippen LogP contribution in [0.2, 0.25) is 0 Å². The van der Waals surface area contributed by atoms with Crippen molar-refractivity contribution in [2.75, 3.05) is 38.1 Å². The monoisotopic (exact) mass is 355 g/mol. The smallest absolute Gasteiger partial charge is 0.304 e. The number of nitrogens with zero attached hydrogens (tertiary/aromatic N) is 5. The SMILES string of the molecule is CCC(N1CCN(C)CC1)N(c1ccccc1)c1ncccc1[N+](=O)[O-]. The van der Waals surface area contributed by atoms with Crippen molar-refractivity contribution in [3.05, 3.63) is 58.8 Å². The lowest BCUT2D eigenvalue weighted by Crippen LogP contribution is -2.54. The highest BCUT2D eigenvalue weighted by Crippen LogP contribution is 2.35. The summed E-state index contributed by atoms with van der Waals surface area (Å²) in [5.41, 5.74) is 0.948. The lowest BCUT2D eigenvalue weighted by atomic mass is 10.2. The number of para-hydroxylation sites is 1. The fraction of sp³-hybridized carbons (Fsp3) is 0.421. The van der Waals surface area contributed by atoms with Gasteiger partial charge in [-0.3, -0.25) is 15.0 Å². The van der Waals surface area contributed by atoms with Crippen molar-refractivity contribution < 1.29 is 4.92 Å². The molecule has 3 rings (SSSR count). The first-order chi connectivity index (χ1) is 12.6. The highest BCUT2D eigenvalue weighted by molar-refractivity contribution is 5.68. The number of hydrogen-bond acceptors (Lipinski definition) is 6. The summed E-state index contributed by atoms with van der Waals surface area (Å²) in [4.78, 5) is 22.4. The lowest BCUT2D eigenvalue weighted by molar-refractivity contribution is -0.384. The molecule has 7 nitrogen and oxygen atoms in total. The van der Waals surface area contributed by atoms with E-state index < -0.39 is 0 Å². The zero-order chi connectivity index (χ0) is 18.5. The Hall–Kier alpha value is -2.51. The van der Waals surface area contributed by atoms with E-state index in [0.29, 0.717) is 5.82 Å². The van der Waals surface area contributed by atoms with Crippen LogP contribution in [0.3, 0.4) is 0 Å². The normalized spacial score (nSPS) is 17.0. The van der Waals surface area contributed by atoms with E-state index in [1.807, 2.05) is 35.2 Å². The molecule has 1 saturated heterocycles. The van der Waals surface area contributed by atoms with E-state index in [-0.39, 0.29) is 16.8 Å². The van der Waals surface area contributed by atoms with Gasteiger partial charge >= 0.3 is 5.69 Å². The second-order valence-electron chi connectivity index (χ2n) is 6.54. The van der Waals surface area contributed by atoms with Crippen LogP contribution in [0.1, 0.15) is 13.3 Å². The van der Waals surface area contributed by atoms with Crippen molar-refractivity contribution in [3.63, 3.8) is 0 Å². The van der Waals surface area contributed by atoms with Gasteiger partial charge in [0.1, 0.15) is 0 Å². The van der Waals surface area contributed by atoms with Gasteiger partial charge in [0, 0.05) is 44.1 Å². The number of anilines is 2. The van der Waals surface area contributed by atoms with E-state index in [9.17, 15) is 10.1 Å². The number of pyridine rings is 1.